The van der Waals surface area contributed by atoms with Crippen LogP contribution in [0.4, 0.5) is 0 Å². The summed E-state index contributed by atoms with van der Waals surface area (Å²) in [5.41, 5.74) is 0.558. The van der Waals surface area contributed by atoms with Gasteiger partial charge in [-0.3, -0.25) is 4.79 Å². The Hall–Kier alpha value is -2.11. The highest BCUT2D eigenvalue weighted by atomic mass is 16.6. The summed E-state index contributed by atoms with van der Waals surface area (Å²) in [4.78, 5) is 37.0. The largest absolute Gasteiger partial charge is 0.462 e. The lowest BCUT2D eigenvalue weighted by Crippen LogP contribution is -2.38. The fourth-order valence-corrected chi connectivity index (χ4v) is 4.35. The highest BCUT2D eigenvalue weighted by molar-refractivity contribution is 5.93. The van der Waals surface area contributed by atoms with Gasteiger partial charge in [0.15, 0.2) is 0 Å². The third kappa shape index (κ3) is 4.31. The molecule has 28 heavy (non-hydrogen) atoms. The maximum absolute atomic E-state index is 12.5. The molecule has 0 N–H and O–H groups in total. The monoisotopic (exact) mass is 390 g/mol. The number of rotatable bonds is 4. The van der Waals surface area contributed by atoms with Gasteiger partial charge in [-0.25, -0.2) is 9.59 Å². The topological polar surface area (TPSA) is 78.9 Å². The SMILES string of the molecule is C=C1C(=O)O[C@H]2CC3=CC(CC(C)(C)C[C@@H](OC(=O)CC(C)CC)[C@H]12)OC3=O. The van der Waals surface area contributed by atoms with Gasteiger partial charge in [-0.15, -0.1) is 0 Å². The van der Waals surface area contributed by atoms with Crippen molar-refractivity contribution in [2.24, 2.45) is 17.3 Å². The summed E-state index contributed by atoms with van der Waals surface area (Å²) in [5.74, 6) is -1.35. The maximum atomic E-state index is 12.5. The van der Waals surface area contributed by atoms with Gasteiger partial charge in [-0.1, -0.05) is 40.7 Å². The molecule has 3 aliphatic rings. The minimum absolute atomic E-state index is 0.229. The number of esters is 3. The summed E-state index contributed by atoms with van der Waals surface area (Å²) in [6.07, 6.45) is 3.08. The van der Waals surface area contributed by atoms with E-state index in [1.54, 1.807) is 0 Å². The zero-order chi connectivity index (χ0) is 20.6. The van der Waals surface area contributed by atoms with Gasteiger partial charge in [0.1, 0.15) is 18.3 Å². The standard InChI is InChI=1S/C22H30O6/c1-6-12(2)7-18(23)27-17-11-22(4,5)10-15-8-14(21(25)26-15)9-16-19(17)13(3)20(24)28-16/h8,12,15-17,19H,3,6-7,9-11H2,1-2,4-5H3/t12?,15?,16-,17+,19+/m0/s1. The highest BCUT2D eigenvalue weighted by Crippen LogP contribution is 2.43. The van der Waals surface area contributed by atoms with Crippen LogP contribution >= 0.6 is 0 Å². The van der Waals surface area contributed by atoms with E-state index in [9.17, 15) is 14.4 Å². The summed E-state index contributed by atoms with van der Waals surface area (Å²) in [6.45, 7) is 12.1. The quantitative estimate of drug-likeness (QED) is 0.415. The number of carbonyl (C=O) groups is 3. The lowest BCUT2D eigenvalue weighted by molar-refractivity contribution is -0.155. The lowest BCUT2D eigenvalue weighted by Gasteiger charge is -2.35. The first-order chi connectivity index (χ1) is 13.1. The van der Waals surface area contributed by atoms with E-state index in [1.807, 2.05) is 19.9 Å². The van der Waals surface area contributed by atoms with Crippen molar-refractivity contribution < 1.29 is 28.6 Å². The molecule has 2 heterocycles. The number of ether oxygens (including phenoxy) is 3. The molecule has 3 rings (SSSR count). The Morgan fingerprint density at radius 1 is 1.29 bits per heavy atom. The Balaban J connectivity index is 1.91. The van der Waals surface area contributed by atoms with Gasteiger partial charge in [0, 0.05) is 24.0 Å². The van der Waals surface area contributed by atoms with E-state index in [-0.39, 0.29) is 35.8 Å². The molecule has 0 spiro atoms. The maximum Gasteiger partial charge on any atom is 0.334 e. The van der Waals surface area contributed by atoms with Gasteiger partial charge in [0.25, 0.3) is 0 Å². The molecule has 154 valence electrons. The van der Waals surface area contributed by atoms with Gasteiger partial charge < -0.3 is 14.2 Å². The number of hydrogen-bond acceptors (Lipinski definition) is 6. The molecule has 2 aliphatic heterocycles. The van der Waals surface area contributed by atoms with E-state index in [1.165, 1.54) is 0 Å². The minimum atomic E-state index is -0.576. The zero-order valence-corrected chi connectivity index (χ0v) is 17.2. The predicted octanol–water partition coefficient (Wildman–Crippen LogP) is 3.49. The van der Waals surface area contributed by atoms with Crippen molar-refractivity contribution in [3.05, 3.63) is 23.8 Å². The summed E-state index contributed by atoms with van der Waals surface area (Å²) in [7, 11) is 0. The van der Waals surface area contributed by atoms with Crippen LogP contribution in [0.2, 0.25) is 0 Å². The molecule has 6 nitrogen and oxygen atoms in total. The van der Waals surface area contributed by atoms with Gasteiger partial charge in [0.05, 0.1) is 5.92 Å². The van der Waals surface area contributed by atoms with Crippen LogP contribution in [-0.2, 0) is 28.6 Å². The molecule has 0 saturated carbocycles. The van der Waals surface area contributed by atoms with Gasteiger partial charge >= 0.3 is 17.9 Å². The Kier molecular flexibility index (Phi) is 5.69. The second kappa shape index (κ2) is 7.72. The molecular weight excluding hydrogens is 360 g/mol. The number of hydrogen-bond donors (Lipinski definition) is 0. The van der Waals surface area contributed by atoms with Crippen molar-refractivity contribution in [3.8, 4) is 0 Å². The van der Waals surface area contributed by atoms with Crippen molar-refractivity contribution in [2.75, 3.05) is 0 Å². The van der Waals surface area contributed by atoms with E-state index in [0.29, 0.717) is 30.4 Å². The summed E-state index contributed by atoms with van der Waals surface area (Å²) >= 11 is 0. The minimum Gasteiger partial charge on any atom is -0.462 e. The Morgan fingerprint density at radius 2 is 2.00 bits per heavy atom. The van der Waals surface area contributed by atoms with E-state index < -0.39 is 24.1 Å². The number of fused-ring (bicyclic) bond motifs is 2. The average molecular weight is 390 g/mol. The molecule has 0 aromatic carbocycles. The molecule has 0 radical (unpaired) electrons. The van der Waals surface area contributed by atoms with Crippen LogP contribution in [0, 0.1) is 17.3 Å². The predicted molar refractivity (Wildman–Crippen MR) is 102 cm³/mol. The number of carbonyl (C=O) groups excluding carboxylic acids is 3. The summed E-state index contributed by atoms with van der Waals surface area (Å²) < 4.78 is 16.9. The first kappa shape index (κ1) is 20.6. The first-order valence-corrected chi connectivity index (χ1v) is 10.1. The molecule has 0 amide bonds. The molecule has 2 bridgehead atoms. The van der Waals surface area contributed by atoms with E-state index in [0.717, 1.165) is 6.42 Å². The van der Waals surface area contributed by atoms with Crippen molar-refractivity contribution in [1.82, 2.24) is 0 Å². The van der Waals surface area contributed by atoms with Gasteiger partial charge in [0.2, 0.25) is 0 Å². The highest BCUT2D eigenvalue weighted by Gasteiger charge is 2.49. The third-order valence-electron chi connectivity index (χ3n) is 6.06. The molecule has 1 saturated heterocycles. The van der Waals surface area contributed by atoms with Crippen LogP contribution in [0.5, 0.6) is 0 Å². The summed E-state index contributed by atoms with van der Waals surface area (Å²) in [6, 6.07) is 0. The van der Waals surface area contributed by atoms with Crippen LogP contribution in [0.25, 0.3) is 0 Å². The lowest BCUT2D eigenvalue weighted by atomic mass is 9.75. The molecular formula is C22H30O6. The average Bonchev–Trinajstić information content (AvgIpc) is 3.04. The molecule has 0 aromatic rings. The Bertz CT molecular complexity index is 719. The van der Waals surface area contributed by atoms with Crippen LogP contribution in [0.15, 0.2) is 23.8 Å². The Morgan fingerprint density at radius 3 is 2.68 bits per heavy atom. The van der Waals surface area contributed by atoms with E-state index >= 15 is 0 Å². The first-order valence-electron chi connectivity index (χ1n) is 10.1. The molecule has 6 heteroatoms. The van der Waals surface area contributed by atoms with Crippen LogP contribution in [0.3, 0.4) is 0 Å². The van der Waals surface area contributed by atoms with Crippen LogP contribution in [-0.4, -0.2) is 36.2 Å². The Labute approximate surface area is 166 Å². The normalized spacial score (nSPS) is 32.7. The van der Waals surface area contributed by atoms with E-state index in [4.69, 9.17) is 14.2 Å². The van der Waals surface area contributed by atoms with Gasteiger partial charge in [-0.2, -0.15) is 0 Å². The second-order valence-corrected chi connectivity index (χ2v) is 9.15. The van der Waals surface area contributed by atoms with Gasteiger partial charge in [-0.05, 0) is 30.3 Å². The fourth-order valence-electron chi connectivity index (χ4n) is 4.35. The molecule has 1 aliphatic carbocycles. The molecule has 1 fully saturated rings. The van der Waals surface area contributed by atoms with Crippen molar-refractivity contribution in [3.63, 3.8) is 0 Å². The molecule has 0 aromatic heterocycles. The smallest absolute Gasteiger partial charge is 0.334 e. The van der Waals surface area contributed by atoms with Crippen molar-refractivity contribution in [1.29, 1.82) is 0 Å². The summed E-state index contributed by atoms with van der Waals surface area (Å²) in [5, 5.41) is 0. The zero-order valence-electron chi connectivity index (χ0n) is 17.2. The third-order valence-corrected chi connectivity index (χ3v) is 6.06. The van der Waals surface area contributed by atoms with Crippen LogP contribution < -0.4 is 0 Å². The van der Waals surface area contributed by atoms with Crippen LogP contribution in [0.1, 0.15) is 59.8 Å². The van der Waals surface area contributed by atoms with Crippen molar-refractivity contribution in [2.45, 2.75) is 78.1 Å². The second-order valence-electron chi connectivity index (χ2n) is 9.15. The van der Waals surface area contributed by atoms with E-state index in [2.05, 4.69) is 20.4 Å². The van der Waals surface area contributed by atoms with Crippen molar-refractivity contribution >= 4 is 17.9 Å². The molecule has 2 unspecified atom stereocenters. The molecule has 5 atom stereocenters. The fraction of sp³-hybridized carbons (Fsp3) is 0.682.